The van der Waals surface area contributed by atoms with Gasteiger partial charge in [-0.15, -0.1) is 5.10 Å². The minimum Gasteiger partial charge on any atom is -0.442 e. The first kappa shape index (κ1) is 11.1. The van der Waals surface area contributed by atoms with Gasteiger partial charge >= 0.3 is 0 Å². The van der Waals surface area contributed by atoms with Gasteiger partial charge in [0.25, 0.3) is 11.7 Å². The average molecular weight is 287 g/mol. The zero-order chi connectivity index (χ0) is 13.4. The molecule has 4 heterocycles. The fourth-order valence-corrected chi connectivity index (χ4v) is 2.29. The molecule has 9 heteroatoms. The first-order valence-electron chi connectivity index (χ1n) is 5.51. The van der Waals surface area contributed by atoms with E-state index in [4.69, 9.17) is 13.5 Å². The Morgan fingerprint density at radius 3 is 3.00 bits per heavy atom. The van der Waals surface area contributed by atoms with E-state index in [1.54, 1.807) is 0 Å². The monoisotopic (exact) mass is 287 g/mol. The summed E-state index contributed by atoms with van der Waals surface area (Å²) in [7, 11) is 0. The van der Waals surface area contributed by atoms with Gasteiger partial charge in [-0.3, -0.25) is 0 Å². The number of hydrogen-bond acceptors (Lipinski definition) is 9. The molecule has 0 unspecified atom stereocenters. The highest BCUT2D eigenvalue weighted by Gasteiger charge is 2.24. The fraction of sp³-hybridized carbons (Fsp3) is 0. The van der Waals surface area contributed by atoms with E-state index in [9.17, 15) is 0 Å². The molecule has 20 heavy (non-hydrogen) atoms. The van der Waals surface area contributed by atoms with Gasteiger partial charge in [-0.2, -0.15) is 4.37 Å². The van der Waals surface area contributed by atoms with E-state index >= 15 is 0 Å². The summed E-state index contributed by atoms with van der Waals surface area (Å²) in [5.41, 5.74) is 2.32. The molecule has 8 nitrogen and oxygen atoms in total. The molecule has 4 aromatic rings. The molecule has 0 radical (unpaired) electrons. The van der Waals surface area contributed by atoms with Crippen molar-refractivity contribution < 1.29 is 13.5 Å². The zero-order valence-electron chi connectivity index (χ0n) is 9.76. The van der Waals surface area contributed by atoms with E-state index < -0.39 is 0 Å². The van der Waals surface area contributed by atoms with Gasteiger partial charge in [0.2, 0.25) is 0 Å². The summed E-state index contributed by atoms with van der Waals surface area (Å²) in [5, 5.41) is 13.3. The predicted molar refractivity (Wildman–Crippen MR) is 66.4 cm³/mol. The number of nitrogens with zero attached hydrogens (tertiary/aromatic N) is 5. The Morgan fingerprint density at radius 2 is 2.20 bits per heavy atom. The molecule has 0 amide bonds. The lowest BCUT2D eigenvalue weighted by Gasteiger charge is -1.94. The van der Waals surface area contributed by atoms with Crippen molar-refractivity contribution in [3.8, 4) is 34.3 Å². The number of hydrogen-bond donors (Lipinski definition) is 0. The van der Waals surface area contributed by atoms with Gasteiger partial charge in [0, 0.05) is 10.7 Å². The van der Waals surface area contributed by atoms with E-state index in [0.717, 1.165) is 5.69 Å². The Hall–Kier alpha value is -2.81. The number of rotatable bonds is 3. The SMILES string of the molecule is c1coc(-c2onnc2-c2nocc2-c2ccsn2)n1. The lowest BCUT2D eigenvalue weighted by molar-refractivity contribution is 0.391. The summed E-state index contributed by atoms with van der Waals surface area (Å²) in [6.45, 7) is 0. The molecule has 0 aliphatic rings. The third-order valence-corrected chi connectivity index (χ3v) is 3.18. The van der Waals surface area contributed by atoms with Crippen LogP contribution in [-0.2, 0) is 0 Å². The lowest BCUT2D eigenvalue weighted by Crippen LogP contribution is -1.86. The van der Waals surface area contributed by atoms with Crippen molar-refractivity contribution in [2.45, 2.75) is 0 Å². The molecule has 4 aromatic heterocycles. The van der Waals surface area contributed by atoms with Crippen LogP contribution in [0, 0.1) is 0 Å². The molecule has 0 saturated heterocycles. The van der Waals surface area contributed by atoms with E-state index in [-0.39, 0.29) is 5.89 Å². The van der Waals surface area contributed by atoms with Gasteiger partial charge in [-0.1, -0.05) is 5.16 Å². The van der Waals surface area contributed by atoms with Crippen molar-refractivity contribution in [3.63, 3.8) is 0 Å². The third kappa shape index (κ3) is 1.64. The molecule has 0 saturated carbocycles. The van der Waals surface area contributed by atoms with Crippen LogP contribution in [0.4, 0.5) is 0 Å². The molecule has 0 aliphatic carbocycles. The number of aromatic nitrogens is 5. The fourth-order valence-electron chi connectivity index (χ4n) is 1.76. The van der Waals surface area contributed by atoms with Crippen LogP contribution in [0.3, 0.4) is 0 Å². The third-order valence-electron chi connectivity index (χ3n) is 2.62. The molecule has 0 aromatic carbocycles. The highest BCUT2D eigenvalue weighted by atomic mass is 32.1. The van der Waals surface area contributed by atoms with Crippen molar-refractivity contribution in [2.24, 2.45) is 0 Å². The van der Waals surface area contributed by atoms with Crippen LogP contribution in [-0.4, -0.2) is 24.9 Å². The van der Waals surface area contributed by atoms with E-state index in [1.807, 2.05) is 11.4 Å². The molecule has 0 spiro atoms. The van der Waals surface area contributed by atoms with Crippen LogP contribution in [0.15, 0.2) is 43.6 Å². The van der Waals surface area contributed by atoms with Crippen molar-refractivity contribution in [3.05, 3.63) is 30.2 Å². The summed E-state index contributed by atoms with van der Waals surface area (Å²) in [6, 6.07) is 1.86. The van der Waals surface area contributed by atoms with Gasteiger partial charge in [0.05, 0.1) is 17.5 Å². The van der Waals surface area contributed by atoms with Crippen LogP contribution < -0.4 is 0 Å². The second-order valence-electron chi connectivity index (χ2n) is 3.75. The van der Waals surface area contributed by atoms with E-state index in [1.165, 1.54) is 30.3 Å². The second kappa shape index (κ2) is 4.38. The number of oxazole rings is 1. The lowest BCUT2D eigenvalue weighted by atomic mass is 10.1. The maximum Gasteiger partial charge on any atom is 0.268 e. The molecular weight excluding hydrogens is 282 g/mol. The van der Waals surface area contributed by atoms with Gasteiger partial charge in [0.1, 0.15) is 18.2 Å². The van der Waals surface area contributed by atoms with Gasteiger partial charge < -0.3 is 13.5 Å². The van der Waals surface area contributed by atoms with Gasteiger partial charge in [-0.05, 0) is 17.6 Å². The predicted octanol–water partition coefficient (Wildman–Crippen LogP) is 2.50. The largest absolute Gasteiger partial charge is 0.442 e. The minimum absolute atomic E-state index is 0.275. The maximum atomic E-state index is 5.19. The van der Waals surface area contributed by atoms with Crippen LogP contribution in [0.5, 0.6) is 0 Å². The highest BCUT2D eigenvalue weighted by Crippen LogP contribution is 2.34. The van der Waals surface area contributed by atoms with Crippen LogP contribution in [0.25, 0.3) is 34.3 Å². The normalized spacial score (nSPS) is 11.0. The van der Waals surface area contributed by atoms with Crippen LogP contribution in [0.1, 0.15) is 0 Å². The standard InChI is InChI=1S/C11H5N5O3S/c1-4-20-15-7(1)6-5-18-14-8(6)9-10(19-16-13-9)11-12-2-3-17-11/h1-5H. The molecule has 0 N–H and O–H groups in total. The zero-order valence-corrected chi connectivity index (χ0v) is 10.6. The summed E-state index contributed by atoms with van der Waals surface area (Å²) < 4.78 is 19.5. The molecular formula is C11H5N5O3S. The summed E-state index contributed by atoms with van der Waals surface area (Å²) in [5.74, 6) is 0.567. The molecule has 98 valence electrons. The van der Waals surface area contributed by atoms with E-state index in [2.05, 4.69) is 24.9 Å². The topological polar surface area (TPSA) is 104 Å². The minimum atomic E-state index is 0.275. The molecule has 0 atom stereocenters. The van der Waals surface area contributed by atoms with Crippen LogP contribution >= 0.6 is 11.5 Å². The molecule has 4 rings (SSSR count). The first-order chi connectivity index (χ1) is 9.93. The smallest absolute Gasteiger partial charge is 0.268 e. The molecule has 0 bridgehead atoms. The Balaban J connectivity index is 1.88. The van der Waals surface area contributed by atoms with Crippen molar-refractivity contribution in [1.82, 2.24) is 24.9 Å². The van der Waals surface area contributed by atoms with Crippen LogP contribution in [0.2, 0.25) is 0 Å². The molecule has 0 aliphatic heterocycles. The summed E-state index contributed by atoms with van der Waals surface area (Å²) in [6.07, 6.45) is 4.44. The second-order valence-corrected chi connectivity index (χ2v) is 4.41. The van der Waals surface area contributed by atoms with E-state index in [0.29, 0.717) is 22.7 Å². The van der Waals surface area contributed by atoms with Crippen molar-refractivity contribution in [1.29, 1.82) is 0 Å². The van der Waals surface area contributed by atoms with Gasteiger partial charge in [-0.25, -0.2) is 4.98 Å². The highest BCUT2D eigenvalue weighted by molar-refractivity contribution is 7.03. The van der Waals surface area contributed by atoms with Crippen molar-refractivity contribution in [2.75, 3.05) is 0 Å². The first-order valence-corrected chi connectivity index (χ1v) is 6.35. The quantitative estimate of drug-likeness (QED) is 0.566. The Labute approximate surface area is 115 Å². The maximum absolute atomic E-state index is 5.19. The Bertz CT molecular complexity index is 748. The average Bonchev–Trinajstić information content (AvgIpc) is 3.23. The Kier molecular flexibility index (Phi) is 2.42. The van der Waals surface area contributed by atoms with Crippen molar-refractivity contribution >= 4 is 11.5 Å². The Morgan fingerprint density at radius 1 is 1.20 bits per heavy atom. The summed E-state index contributed by atoms with van der Waals surface area (Å²) >= 11 is 1.34. The van der Waals surface area contributed by atoms with Gasteiger partial charge in [0.15, 0.2) is 5.69 Å². The summed E-state index contributed by atoms with van der Waals surface area (Å²) in [4.78, 5) is 4.01. The molecule has 0 fully saturated rings.